The third kappa shape index (κ3) is 7.03. The molecule has 0 saturated carbocycles. The Morgan fingerprint density at radius 1 is 0.622 bits per heavy atom. The molecule has 4 heteroatoms. The maximum atomic E-state index is 6.58. The highest BCUT2D eigenvalue weighted by Crippen LogP contribution is 2.31. The summed E-state index contributed by atoms with van der Waals surface area (Å²) in [5.74, 6) is 0.930. The molecule has 1 saturated heterocycles. The van der Waals surface area contributed by atoms with E-state index >= 15 is 0 Å². The van der Waals surface area contributed by atoms with Crippen molar-refractivity contribution in [1.82, 2.24) is 4.90 Å². The molecule has 0 amide bonds. The Morgan fingerprint density at radius 2 is 1.08 bits per heavy atom. The zero-order chi connectivity index (χ0) is 25.5. The second-order valence-corrected chi connectivity index (χ2v) is 10.8. The number of hydrogen-bond donors (Lipinski definition) is 0. The van der Waals surface area contributed by atoms with Gasteiger partial charge >= 0.3 is 0 Å². The number of benzene rings is 4. The molecule has 4 aromatic rings. The fraction of sp³-hybridized carbons (Fsp3) is 0.273. The minimum atomic E-state index is -0.131. The lowest BCUT2D eigenvalue weighted by Gasteiger charge is -2.35. The first-order valence-corrected chi connectivity index (χ1v) is 13.9. The summed E-state index contributed by atoms with van der Waals surface area (Å²) in [5, 5.41) is 1.46. The molecule has 0 aromatic heterocycles. The predicted molar refractivity (Wildman–Crippen MR) is 155 cm³/mol. The van der Waals surface area contributed by atoms with Crippen molar-refractivity contribution in [2.75, 3.05) is 26.2 Å². The molecular formula is C33H33Cl2NO. The Kier molecular flexibility index (Phi) is 8.97. The van der Waals surface area contributed by atoms with Crippen LogP contribution < -0.4 is 0 Å². The molecule has 0 unspecified atom stereocenters. The fourth-order valence-electron chi connectivity index (χ4n) is 5.26. The summed E-state index contributed by atoms with van der Waals surface area (Å²) in [6.07, 6.45) is 2.15. The number of rotatable bonds is 9. The van der Waals surface area contributed by atoms with E-state index < -0.39 is 0 Å². The van der Waals surface area contributed by atoms with Crippen molar-refractivity contribution in [3.05, 3.63) is 141 Å². The summed E-state index contributed by atoms with van der Waals surface area (Å²) in [7, 11) is 0. The van der Waals surface area contributed by atoms with Crippen LogP contribution in [0.5, 0.6) is 0 Å². The average molecular weight is 531 g/mol. The van der Waals surface area contributed by atoms with E-state index in [2.05, 4.69) is 89.8 Å². The van der Waals surface area contributed by atoms with E-state index in [4.69, 9.17) is 27.9 Å². The van der Waals surface area contributed by atoms with E-state index in [0.29, 0.717) is 11.8 Å². The Balaban J connectivity index is 1.21. The lowest BCUT2D eigenvalue weighted by Crippen LogP contribution is -2.38. The van der Waals surface area contributed by atoms with E-state index in [1.807, 2.05) is 24.3 Å². The number of ether oxygens (including phenoxy) is 1. The molecule has 0 N–H and O–H groups in total. The average Bonchev–Trinajstić information content (AvgIpc) is 2.95. The first kappa shape index (κ1) is 26.0. The summed E-state index contributed by atoms with van der Waals surface area (Å²) >= 11 is 12.3. The Labute approximate surface area is 230 Å². The van der Waals surface area contributed by atoms with Gasteiger partial charge in [-0.3, -0.25) is 0 Å². The molecule has 190 valence electrons. The van der Waals surface area contributed by atoms with E-state index in [1.54, 1.807) is 0 Å². The molecular weight excluding hydrogens is 497 g/mol. The third-order valence-electron chi connectivity index (χ3n) is 7.40. The van der Waals surface area contributed by atoms with Crippen molar-refractivity contribution in [2.24, 2.45) is 5.92 Å². The monoisotopic (exact) mass is 529 g/mol. The van der Waals surface area contributed by atoms with E-state index in [0.717, 1.165) is 60.3 Å². The van der Waals surface area contributed by atoms with Crippen LogP contribution in [0.1, 0.15) is 47.1 Å². The van der Waals surface area contributed by atoms with Crippen molar-refractivity contribution >= 4 is 23.2 Å². The molecule has 0 radical (unpaired) electrons. The number of likely N-dealkylation sites (tertiary alicyclic amines) is 1. The van der Waals surface area contributed by atoms with Crippen LogP contribution in [0.25, 0.3) is 0 Å². The van der Waals surface area contributed by atoms with Gasteiger partial charge in [0.2, 0.25) is 0 Å². The van der Waals surface area contributed by atoms with Gasteiger partial charge in [0.05, 0.1) is 6.61 Å². The van der Waals surface area contributed by atoms with Crippen LogP contribution in [0.2, 0.25) is 10.0 Å². The second kappa shape index (κ2) is 12.8. The zero-order valence-electron chi connectivity index (χ0n) is 21.0. The highest BCUT2D eigenvalue weighted by atomic mass is 35.5. The minimum Gasteiger partial charge on any atom is -0.368 e. The van der Waals surface area contributed by atoms with Gasteiger partial charge in [0, 0.05) is 22.5 Å². The van der Waals surface area contributed by atoms with Crippen molar-refractivity contribution in [1.29, 1.82) is 0 Å². The van der Waals surface area contributed by atoms with Crippen LogP contribution in [0.4, 0.5) is 0 Å². The highest BCUT2D eigenvalue weighted by molar-refractivity contribution is 6.30. The Bertz CT molecular complexity index is 1140. The van der Waals surface area contributed by atoms with Gasteiger partial charge in [-0.05, 0) is 78.4 Å². The van der Waals surface area contributed by atoms with Crippen LogP contribution in [0.3, 0.4) is 0 Å². The molecule has 0 aliphatic carbocycles. The number of nitrogens with zero attached hydrogens (tertiary/aromatic N) is 1. The van der Waals surface area contributed by atoms with Gasteiger partial charge < -0.3 is 9.64 Å². The van der Waals surface area contributed by atoms with Crippen molar-refractivity contribution in [3.8, 4) is 0 Å². The first-order valence-electron chi connectivity index (χ1n) is 13.1. The SMILES string of the molecule is Clc1ccc(C(OCC2CCN(CC(c3ccccc3)c3ccccc3)CC2)c2ccc(Cl)cc2)cc1. The number of hydrogen-bond acceptors (Lipinski definition) is 2. The van der Waals surface area contributed by atoms with Crippen LogP contribution in [-0.2, 0) is 4.74 Å². The Hall–Kier alpha value is -2.62. The molecule has 2 nitrogen and oxygen atoms in total. The maximum Gasteiger partial charge on any atom is 0.108 e. The molecule has 37 heavy (non-hydrogen) atoms. The molecule has 0 atom stereocenters. The third-order valence-corrected chi connectivity index (χ3v) is 7.90. The lowest BCUT2D eigenvalue weighted by molar-refractivity contribution is 0.0306. The maximum absolute atomic E-state index is 6.58. The minimum absolute atomic E-state index is 0.131. The smallest absolute Gasteiger partial charge is 0.108 e. The van der Waals surface area contributed by atoms with Gasteiger partial charge in [0.1, 0.15) is 6.10 Å². The zero-order valence-corrected chi connectivity index (χ0v) is 22.5. The first-order chi connectivity index (χ1) is 18.2. The Morgan fingerprint density at radius 3 is 1.54 bits per heavy atom. The van der Waals surface area contributed by atoms with Crippen molar-refractivity contribution in [3.63, 3.8) is 0 Å². The molecule has 4 aromatic carbocycles. The fourth-order valence-corrected chi connectivity index (χ4v) is 5.51. The van der Waals surface area contributed by atoms with Gasteiger partial charge in [0.15, 0.2) is 0 Å². The van der Waals surface area contributed by atoms with Crippen LogP contribution in [0, 0.1) is 5.92 Å². The number of piperidine rings is 1. The van der Waals surface area contributed by atoms with Crippen molar-refractivity contribution < 1.29 is 4.74 Å². The summed E-state index contributed by atoms with van der Waals surface area (Å²) < 4.78 is 6.58. The summed E-state index contributed by atoms with van der Waals surface area (Å²) in [6, 6.07) is 37.7. The van der Waals surface area contributed by atoms with E-state index in [-0.39, 0.29) is 6.10 Å². The normalized spacial score (nSPS) is 14.9. The number of halogens is 2. The molecule has 1 fully saturated rings. The molecule has 1 aliphatic heterocycles. The molecule has 5 rings (SSSR count). The summed E-state index contributed by atoms with van der Waals surface area (Å²) in [5.41, 5.74) is 4.98. The molecule has 0 bridgehead atoms. The van der Waals surface area contributed by atoms with Gasteiger partial charge in [-0.1, -0.05) is 108 Å². The molecule has 1 aliphatic rings. The highest BCUT2D eigenvalue weighted by Gasteiger charge is 2.25. The van der Waals surface area contributed by atoms with Crippen LogP contribution in [-0.4, -0.2) is 31.1 Å². The standard InChI is InChI=1S/C33H33Cl2NO/c34-30-15-11-28(12-16-30)33(29-13-17-31(35)18-14-29)37-24-25-19-21-36(22-20-25)23-32(26-7-3-1-4-8-26)27-9-5-2-6-10-27/h1-18,25,32-33H,19-24H2. The van der Waals surface area contributed by atoms with Crippen molar-refractivity contribution in [2.45, 2.75) is 24.9 Å². The quantitative estimate of drug-likeness (QED) is 0.215. The van der Waals surface area contributed by atoms with Gasteiger partial charge in [-0.2, -0.15) is 0 Å². The largest absolute Gasteiger partial charge is 0.368 e. The van der Waals surface area contributed by atoms with Gasteiger partial charge in [-0.25, -0.2) is 0 Å². The second-order valence-electron chi connectivity index (χ2n) is 9.93. The van der Waals surface area contributed by atoms with Gasteiger partial charge in [-0.15, -0.1) is 0 Å². The van der Waals surface area contributed by atoms with Crippen LogP contribution >= 0.6 is 23.2 Å². The van der Waals surface area contributed by atoms with E-state index in [9.17, 15) is 0 Å². The van der Waals surface area contributed by atoms with E-state index in [1.165, 1.54) is 11.1 Å². The predicted octanol–water partition coefficient (Wildman–Crippen LogP) is 8.64. The van der Waals surface area contributed by atoms with Crippen LogP contribution in [0.15, 0.2) is 109 Å². The lowest BCUT2D eigenvalue weighted by atomic mass is 9.89. The molecule has 0 spiro atoms. The van der Waals surface area contributed by atoms with Gasteiger partial charge in [0.25, 0.3) is 0 Å². The topological polar surface area (TPSA) is 12.5 Å². The molecule has 1 heterocycles. The summed E-state index contributed by atoms with van der Waals surface area (Å²) in [4.78, 5) is 2.62. The summed E-state index contributed by atoms with van der Waals surface area (Å²) in [6.45, 7) is 3.97.